The van der Waals surface area contributed by atoms with Gasteiger partial charge in [-0.2, -0.15) is 0 Å². The number of carbonyl (C=O) groups excluding carboxylic acids is 2. The van der Waals surface area contributed by atoms with E-state index in [-0.39, 0.29) is 26.4 Å². The van der Waals surface area contributed by atoms with Gasteiger partial charge in [-0.25, -0.2) is 0 Å². The van der Waals surface area contributed by atoms with Gasteiger partial charge in [0.15, 0.2) is 5.41 Å². The number of rotatable bonds is 20. The van der Waals surface area contributed by atoms with Crippen molar-refractivity contribution in [2.75, 3.05) is 66.1 Å². The summed E-state index contributed by atoms with van der Waals surface area (Å²) >= 11 is 0. The molecule has 0 heterocycles. The van der Waals surface area contributed by atoms with Gasteiger partial charge in [0.05, 0.1) is 39.6 Å². The summed E-state index contributed by atoms with van der Waals surface area (Å²) in [5, 5.41) is 0. The second-order valence-corrected chi connectivity index (χ2v) is 6.51. The van der Waals surface area contributed by atoms with Gasteiger partial charge in [-0.15, -0.1) is 0 Å². The molecule has 0 bridgehead atoms. The average Bonchev–Trinajstić information content (AvgIpc) is 2.73. The SMILES string of the molecule is CCCOCCOCCOC(=O)C(CC)(CC)C(=O)OCCOCCOCCC. The van der Waals surface area contributed by atoms with Gasteiger partial charge in [0, 0.05) is 13.2 Å². The molecule has 0 rings (SSSR count). The van der Waals surface area contributed by atoms with Crippen LogP contribution in [0.15, 0.2) is 0 Å². The molecule has 0 atom stereocenters. The Balaban J connectivity index is 4.14. The number of carbonyl (C=O) groups is 2. The zero-order chi connectivity index (χ0) is 21.8. The van der Waals surface area contributed by atoms with Crippen LogP contribution in [0.5, 0.6) is 0 Å². The molecule has 0 saturated heterocycles. The lowest BCUT2D eigenvalue weighted by Gasteiger charge is -2.26. The highest BCUT2D eigenvalue weighted by Gasteiger charge is 2.45. The zero-order valence-corrected chi connectivity index (χ0v) is 18.7. The summed E-state index contributed by atoms with van der Waals surface area (Å²) in [5.74, 6) is -1.15. The van der Waals surface area contributed by atoms with E-state index in [1.54, 1.807) is 13.8 Å². The Hall–Kier alpha value is -1.22. The van der Waals surface area contributed by atoms with E-state index in [1.807, 2.05) is 13.8 Å². The molecule has 8 nitrogen and oxygen atoms in total. The molecule has 0 spiro atoms. The van der Waals surface area contributed by atoms with Gasteiger partial charge in [0.25, 0.3) is 0 Å². The predicted octanol–water partition coefficient (Wildman–Crippen LogP) is 2.77. The predicted molar refractivity (Wildman–Crippen MR) is 109 cm³/mol. The molecule has 0 N–H and O–H groups in total. The Morgan fingerprint density at radius 1 is 0.517 bits per heavy atom. The van der Waals surface area contributed by atoms with E-state index in [4.69, 9.17) is 28.4 Å². The van der Waals surface area contributed by atoms with E-state index in [2.05, 4.69) is 0 Å². The second kappa shape index (κ2) is 18.8. The molecular weight excluding hydrogens is 380 g/mol. The standard InChI is InChI=1S/C21H40O8/c1-5-9-24-11-13-26-15-17-28-19(22)21(7-3,8-4)20(23)29-18-16-27-14-12-25-10-6-2/h5-18H2,1-4H3. The van der Waals surface area contributed by atoms with E-state index in [0.29, 0.717) is 52.5 Å². The van der Waals surface area contributed by atoms with Crippen molar-refractivity contribution in [3.05, 3.63) is 0 Å². The molecule has 0 aliphatic carbocycles. The number of hydrogen-bond acceptors (Lipinski definition) is 8. The highest BCUT2D eigenvalue weighted by Crippen LogP contribution is 2.30. The van der Waals surface area contributed by atoms with Gasteiger partial charge < -0.3 is 28.4 Å². The molecule has 0 radical (unpaired) electrons. The van der Waals surface area contributed by atoms with Crippen molar-refractivity contribution in [1.82, 2.24) is 0 Å². The number of hydrogen-bond donors (Lipinski definition) is 0. The Bertz CT molecular complexity index is 375. The molecule has 0 aliphatic heterocycles. The van der Waals surface area contributed by atoms with Crippen molar-refractivity contribution in [1.29, 1.82) is 0 Å². The molecule has 0 saturated carbocycles. The van der Waals surface area contributed by atoms with Crippen molar-refractivity contribution in [3.63, 3.8) is 0 Å². The van der Waals surface area contributed by atoms with Crippen molar-refractivity contribution < 1.29 is 38.0 Å². The van der Waals surface area contributed by atoms with Crippen LogP contribution in [0.4, 0.5) is 0 Å². The lowest BCUT2D eigenvalue weighted by Crippen LogP contribution is -2.42. The Morgan fingerprint density at radius 2 is 0.828 bits per heavy atom. The summed E-state index contributed by atoms with van der Waals surface area (Å²) in [7, 11) is 0. The van der Waals surface area contributed by atoms with Crippen LogP contribution in [-0.4, -0.2) is 78.0 Å². The van der Waals surface area contributed by atoms with Gasteiger partial charge in [-0.1, -0.05) is 27.7 Å². The Morgan fingerprint density at radius 3 is 1.14 bits per heavy atom. The van der Waals surface area contributed by atoms with Gasteiger partial charge in [-0.05, 0) is 25.7 Å². The fraction of sp³-hybridized carbons (Fsp3) is 0.905. The van der Waals surface area contributed by atoms with E-state index >= 15 is 0 Å². The second-order valence-electron chi connectivity index (χ2n) is 6.51. The Labute approximate surface area is 175 Å². The van der Waals surface area contributed by atoms with E-state index in [1.165, 1.54) is 0 Å². The minimum atomic E-state index is -1.30. The molecule has 8 heteroatoms. The summed E-state index contributed by atoms with van der Waals surface area (Å²) in [6, 6.07) is 0. The first-order chi connectivity index (χ1) is 14.1. The maximum atomic E-state index is 12.5. The minimum Gasteiger partial charge on any atom is -0.462 e. The molecule has 0 amide bonds. The summed E-state index contributed by atoms with van der Waals surface area (Å²) in [5.41, 5.74) is -1.30. The normalized spacial score (nSPS) is 11.4. The summed E-state index contributed by atoms with van der Waals surface area (Å²) in [4.78, 5) is 25.1. The first kappa shape index (κ1) is 27.8. The minimum absolute atomic E-state index is 0.0858. The summed E-state index contributed by atoms with van der Waals surface area (Å²) in [6.07, 6.45) is 2.53. The van der Waals surface area contributed by atoms with Crippen LogP contribution >= 0.6 is 0 Å². The lowest BCUT2D eigenvalue weighted by molar-refractivity contribution is -0.175. The maximum Gasteiger partial charge on any atom is 0.323 e. The molecule has 172 valence electrons. The Kier molecular flexibility index (Phi) is 18.0. The molecule has 0 aromatic carbocycles. The van der Waals surface area contributed by atoms with Crippen LogP contribution in [0.3, 0.4) is 0 Å². The van der Waals surface area contributed by atoms with Crippen LogP contribution in [0, 0.1) is 5.41 Å². The fourth-order valence-electron chi connectivity index (χ4n) is 2.51. The third kappa shape index (κ3) is 12.2. The highest BCUT2D eigenvalue weighted by molar-refractivity contribution is 5.99. The summed E-state index contributed by atoms with van der Waals surface area (Å²) in [6.45, 7) is 11.6. The molecule has 29 heavy (non-hydrogen) atoms. The van der Waals surface area contributed by atoms with Crippen LogP contribution in [-0.2, 0) is 38.0 Å². The highest BCUT2D eigenvalue weighted by atomic mass is 16.6. The monoisotopic (exact) mass is 420 g/mol. The smallest absolute Gasteiger partial charge is 0.323 e. The maximum absolute atomic E-state index is 12.5. The molecule has 0 aromatic rings. The van der Waals surface area contributed by atoms with E-state index in [9.17, 15) is 9.59 Å². The molecule has 0 aromatic heterocycles. The fourth-order valence-corrected chi connectivity index (χ4v) is 2.51. The largest absolute Gasteiger partial charge is 0.462 e. The van der Waals surface area contributed by atoms with Gasteiger partial charge in [0.1, 0.15) is 13.2 Å². The molecule has 0 fully saturated rings. The van der Waals surface area contributed by atoms with Crippen LogP contribution in [0.25, 0.3) is 0 Å². The van der Waals surface area contributed by atoms with Crippen molar-refractivity contribution in [2.45, 2.75) is 53.4 Å². The topological polar surface area (TPSA) is 89.5 Å². The third-order valence-electron chi connectivity index (χ3n) is 4.35. The number of ether oxygens (including phenoxy) is 6. The summed E-state index contributed by atoms with van der Waals surface area (Å²) < 4.78 is 31.8. The molecular formula is C21H40O8. The third-order valence-corrected chi connectivity index (χ3v) is 4.35. The molecule has 0 unspecified atom stereocenters. The first-order valence-electron chi connectivity index (χ1n) is 10.7. The quantitative estimate of drug-likeness (QED) is 0.169. The van der Waals surface area contributed by atoms with Crippen LogP contribution in [0.1, 0.15) is 53.4 Å². The average molecular weight is 421 g/mol. The van der Waals surface area contributed by atoms with Crippen LogP contribution < -0.4 is 0 Å². The molecule has 0 aliphatic rings. The van der Waals surface area contributed by atoms with Crippen molar-refractivity contribution in [3.8, 4) is 0 Å². The lowest BCUT2D eigenvalue weighted by atomic mass is 9.82. The van der Waals surface area contributed by atoms with Crippen molar-refractivity contribution >= 4 is 11.9 Å². The zero-order valence-electron chi connectivity index (χ0n) is 18.7. The van der Waals surface area contributed by atoms with E-state index in [0.717, 1.165) is 12.8 Å². The van der Waals surface area contributed by atoms with Gasteiger partial charge in [-0.3, -0.25) is 9.59 Å². The number of esters is 2. The van der Waals surface area contributed by atoms with Crippen molar-refractivity contribution in [2.24, 2.45) is 5.41 Å². The first-order valence-corrected chi connectivity index (χ1v) is 10.7. The van der Waals surface area contributed by atoms with E-state index < -0.39 is 17.4 Å². The van der Waals surface area contributed by atoms with Gasteiger partial charge in [0.2, 0.25) is 0 Å². The van der Waals surface area contributed by atoms with Crippen LogP contribution in [0.2, 0.25) is 0 Å². The van der Waals surface area contributed by atoms with Gasteiger partial charge >= 0.3 is 11.9 Å².